The van der Waals surface area contributed by atoms with Gasteiger partial charge in [0.25, 0.3) is 0 Å². The van der Waals surface area contributed by atoms with Crippen LogP contribution in [0.15, 0.2) is 48.7 Å². The van der Waals surface area contributed by atoms with Crippen LogP contribution in [0.25, 0.3) is 11.6 Å². The van der Waals surface area contributed by atoms with Crippen LogP contribution in [0.4, 0.5) is 0 Å². The van der Waals surface area contributed by atoms with E-state index in [2.05, 4.69) is 18.0 Å². The quantitative estimate of drug-likeness (QED) is 0.583. The maximum Gasteiger partial charge on any atom is 0.119 e. The summed E-state index contributed by atoms with van der Waals surface area (Å²) in [5, 5.41) is 9.26. The molecule has 0 bridgehead atoms. The summed E-state index contributed by atoms with van der Waals surface area (Å²) in [7, 11) is 0. The highest BCUT2D eigenvalue weighted by atomic mass is 16.5. The minimum Gasteiger partial charge on any atom is -0.494 e. The second kappa shape index (κ2) is 7.86. The summed E-state index contributed by atoms with van der Waals surface area (Å²) in [6, 6.07) is 15.5. The second-order valence-corrected chi connectivity index (χ2v) is 4.66. The zero-order valence-electron chi connectivity index (χ0n) is 12.1. The number of unbranched alkanes of at least 4 members (excludes halogenated alkanes) is 1. The number of ether oxygens (including phenoxy) is 1. The number of nitrogens with zero attached hydrogens (tertiary/aromatic N) is 2. The molecular formula is C18H18N2O. The van der Waals surface area contributed by atoms with Gasteiger partial charge >= 0.3 is 0 Å². The fourth-order valence-electron chi connectivity index (χ4n) is 1.85. The molecule has 21 heavy (non-hydrogen) atoms. The van der Waals surface area contributed by atoms with Gasteiger partial charge in [-0.05, 0) is 42.3 Å². The van der Waals surface area contributed by atoms with E-state index >= 15 is 0 Å². The molecule has 0 fully saturated rings. The minimum absolute atomic E-state index is 0.551. The van der Waals surface area contributed by atoms with Crippen molar-refractivity contribution in [1.82, 2.24) is 4.98 Å². The smallest absolute Gasteiger partial charge is 0.119 e. The van der Waals surface area contributed by atoms with Gasteiger partial charge in [-0.2, -0.15) is 5.26 Å². The summed E-state index contributed by atoms with van der Waals surface area (Å²) in [6.45, 7) is 2.88. The molecule has 0 radical (unpaired) electrons. The van der Waals surface area contributed by atoms with Crippen LogP contribution in [0.1, 0.15) is 31.0 Å². The van der Waals surface area contributed by atoms with E-state index in [0.717, 1.165) is 30.8 Å². The molecule has 0 spiro atoms. The van der Waals surface area contributed by atoms with Gasteiger partial charge in [-0.15, -0.1) is 0 Å². The number of benzene rings is 1. The molecule has 1 aromatic carbocycles. The van der Waals surface area contributed by atoms with Gasteiger partial charge in [-0.1, -0.05) is 31.5 Å². The normalized spacial score (nSPS) is 11.0. The number of nitriles is 1. The molecule has 2 rings (SSSR count). The number of aromatic nitrogens is 1. The first-order valence-corrected chi connectivity index (χ1v) is 7.09. The Balaban J connectivity index is 2.11. The largest absolute Gasteiger partial charge is 0.494 e. The number of allylic oxidation sites excluding steroid dienone is 1. The predicted octanol–water partition coefficient (Wildman–Crippen LogP) is 4.32. The average Bonchev–Trinajstić information content (AvgIpc) is 2.55. The molecule has 3 heteroatoms. The molecule has 0 aliphatic rings. The lowest BCUT2D eigenvalue weighted by molar-refractivity contribution is 0.309. The molecule has 2 aromatic rings. The molecule has 0 amide bonds. The Hall–Kier alpha value is -2.60. The van der Waals surface area contributed by atoms with Crippen LogP contribution < -0.4 is 4.74 Å². The lowest BCUT2D eigenvalue weighted by Gasteiger charge is -2.05. The monoisotopic (exact) mass is 278 g/mol. The van der Waals surface area contributed by atoms with Crippen LogP contribution in [-0.2, 0) is 0 Å². The topological polar surface area (TPSA) is 45.9 Å². The van der Waals surface area contributed by atoms with Gasteiger partial charge in [-0.3, -0.25) is 4.98 Å². The molecule has 0 atom stereocenters. The molecule has 0 aliphatic heterocycles. The Morgan fingerprint density at radius 1 is 1.24 bits per heavy atom. The van der Waals surface area contributed by atoms with Crippen LogP contribution in [0.2, 0.25) is 0 Å². The van der Waals surface area contributed by atoms with Crippen molar-refractivity contribution in [3.63, 3.8) is 0 Å². The number of pyridine rings is 1. The van der Waals surface area contributed by atoms with Crippen molar-refractivity contribution in [1.29, 1.82) is 5.26 Å². The summed E-state index contributed by atoms with van der Waals surface area (Å²) in [4.78, 5) is 4.20. The summed E-state index contributed by atoms with van der Waals surface area (Å²) < 4.78 is 5.62. The fraction of sp³-hybridized carbons (Fsp3) is 0.222. The third kappa shape index (κ3) is 4.47. The molecule has 0 N–H and O–H groups in total. The molecule has 0 saturated heterocycles. The van der Waals surface area contributed by atoms with Gasteiger partial charge in [0.2, 0.25) is 0 Å². The fourth-order valence-corrected chi connectivity index (χ4v) is 1.85. The third-order valence-corrected chi connectivity index (χ3v) is 3.02. The maximum atomic E-state index is 9.26. The summed E-state index contributed by atoms with van der Waals surface area (Å²) in [5.74, 6) is 0.858. The van der Waals surface area contributed by atoms with Crippen LogP contribution in [-0.4, -0.2) is 11.6 Å². The SMILES string of the molecule is CCCCOc1ccc(/C=C(\C#N)c2ccccn2)cc1. The molecule has 106 valence electrons. The van der Waals surface area contributed by atoms with E-state index in [-0.39, 0.29) is 0 Å². The van der Waals surface area contributed by atoms with Gasteiger partial charge in [0.05, 0.1) is 17.9 Å². The molecule has 0 saturated carbocycles. The molecule has 0 unspecified atom stereocenters. The Morgan fingerprint density at radius 2 is 2.05 bits per heavy atom. The van der Waals surface area contributed by atoms with Gasteiger partial charge in [0.1, 0.15) is 11.8 Å². The van der Waals surface area contributed by atoms with E-state index < -0.39 is 0 Å². The lowest BCUT2D eigenvalue weighted by Crippen LogP contribution is -1.95. The van der Waals surface area contributed by atoms with Crippen molar-refractivity contribution in [2.24, 2.45) is 0 Å². The first-order chi connectivity index (χ1) is 10.3. The molecular weight excluding hydrogens is 260 g/mol. The highest BCUT2D eigenvalue weighted by Crippen LogP contribution is 2.18. The maximum absolute atomic E-state index is 9.26. The van der Waals surface area contributed by atoms with E-state index in [1.54, 1.807) is 6.20 Å². The first kappa shape index (κ1) is 14.8. The van der Waals surface area contributed by atoms with Crippen molar-refractivity contribution in [3.05, 3.63) is 59.9 Å². The predicted molar refractivity (Wildman–Crippen MR) is 84.6 cm³/mol. The van der Waals surface area contributed by atoms with E-state index in [9.17, 15) is 5.26 Å². The van der Waals surface area contributed by atoms with Crippen molar-refractivity contribution >= 4 is 11.6 Å². The Morgan fingerprint density at radius 3 is 2.67 bits per heavy atom. The molecule has 0 aliphatic carbocycles. The highest BCUT2D eigenvalue weighted by molar-refractivity contribution is 5.88. The zero-order valence-corrected chi connectivity index (χ0v) is 12.1. The van der Waals surface area contributed by atoms with E-state index in [1.807, 2.05) is 48.5 Å². The number of rotatable bonds is 6. The number of hydrogen-bond donors (Lipinski definition) is 0. The highest BCUT2D eigenvalue weighted by Gasteiger charge is 2.01. The summed E-state index contributed by atoms with van der Waals surface area (Å²) >= 11 is 0. The lowest BCUT2D eigenvalue weighted by atomic mass is 10.1. The van der Waals surface area contributed by atoms with Crippen molar-refractivity contribution in [3.8, 4) is 11.8 Å². The number of hydrogen-bond acceptors (Lipinski definition) is 3. The zero-order chi connectivity index (χ0) is 14.9. The van der Waals surface area contributed by atoms with Gasteiger partial charge in [0.15, 0.2) is 0 Å². The third-order valence-electron chi connectivity index (χ3n) is 3.02. The van der Waals surface area contributed by atoms with E-state index in [4.69, 9.17) is 4.74 Å². The van der Waals surface area contributed by atoms with Crippen molar-refractivity contribution < 1.29 is 4.74 Å². The van der Waals surface area contributed by atoms with E-state index in [1.165, 1.54) is 0 Å². The minimum atomic E-state index is 0.551. The Kier molecular flexibility index (Phi) is 5.54. The summed E-state index contributed by atoms with van der Waals surface area (Å²) in [5.41, 5.74) is 2.19. The van der Waals surface area contributed by atoms with Crippen LogP contribution in [0, 0.1) is 11.3 Å². The van der Waals surface area contributed by atoms with Crippen LogP contribution in [0.5, 0.6) is 5.75 Å². The van der Waals surface area contributed by atoms with Gasteiger partial charge in [0, 0.05) is 6.20 Å². The first-order valence-electron chi connectivity index (χ1n) is 7.09. The Bertz CT molecular complexity index is 625. The van der Waals surface area contributed by atoms with Gasteiger partial charge < -0.3 is 4.74 Å². The molecule has 3 nitrogen and oxygen atoms in total. The molecule has 1 heterocycles. The van der Waals surface area contributed by atoms with Crippen molar-refractivity contribution in [2.75, 3.05) is 6.61 Å². The standard InChI is InChI=1S/C18H18N2O/c1-2-3-12-21-17-9-7-15(8-10-17)13-16(14-19)18-6-4-5-11-20-18/h4-11,13H,2-3,12H2,1H3/b16-13+. The van der Waals surface area contributed by atoms with Crippen LogP contribution >= 0.6 is 0 Å². The molecule has 1 aromatic heterocycles. The van der Waals surface area contributed by atoms with Crippen molar-refractivity contribution in [2.45, 2.75) is 19.8 Å². The van der Waals surface area contributed by atoms with E-state index in [0.29, 0.717) is 11.3 Å². The average molecular weight is 278 g/mol. The second-order valence-electron chi connectivity index (χ2n) is 4.66. The van der Waals surface area contributed by atoms with Gasteiger partial charge in [-0.25, -0.2) is 0 Å². The Labute approximate surface area is 125 Å². The van der Waals surface area contributed by atoms with Crippen LogP contribution in [0.3, 0.4) is 0 Å². The summed E-state index contributed by atoms with van der Waals surface area (Å²) in [6.07, 6.45) is 5.69.